The molecule has 0 fully saturated rings. The molecule has 5 N–H and O–H groups in total. The summed E-state index contributed by atoms with van der Waals surface area (Å²) in [5.41, 5.74) is 4.90. The van der Waals surface area contributed by atoms with E-state index in [1.54, 1.807) is 0 Å². The first-order chi connectivity index (χ1) is 6.06. The first-order valence-corrected chi connectivity index (χ1v) is 3.41. The monoisotopic (exact) mass is 179 g/mol. The Morgan fingerprint density at radius 2 is 2.31 bits per heavy atom. The Morgan fingerprint density at radius 3 is 2.77 bits per heavy atom. The van der Waals surface area contributed by atoms with Crippen LogP contribution in [0.4, 0.5) is 11.8 Å². The predicted octanol–water partition coefficient (Wildman–Crippen LogP) is -1.36. The van der Waals surface area contributed by atoms with Gasteiger partial charge in [0.2, 0.25) is 5.95 Å². The van der Waals surface area contributed by atoms with Crippen molar-refractivity contribution in [2.75, 3.05) is 17.8 Å². The third-order valence-electron chi connectivity index (χ3n) is 1.40. The van der Waals surface area contributed by atoms with Crippen molar-refractivity contribution in [2.45, 2.75) is 0 Å². The van der Waals surface area contributed by atoms with Gasteiger partial charge in [-0.2, -0.15) is 4.98 Å². The van der Waals surface area contributed by atoms with Gasteiger partial charge < -0.3 is 5.73 Å². The Labute approximate surface area is 74.5 Å². The summed E-state index contributed by atoms with van der Waals surface area (Å²) < 4.78 is 0. The lowest BCUT2D eigenvalue weighted by molar-refractivity contribution is 0.954. The molecule has 1 aromatic rings. The van der Waals surface area contributed by atoms with Crippen LogP contribution in [0.1, 0.15) is 5.56 Å². The van der Waals surface area contributed by atoms with Crippen LogP contribution in [0.25, 0.3) is 0 Å². The van der Waals surface area contributed by atoms with Gasteiger partial charge in [0.05, 0.1) is 0 Å². The minimum atomic E-state index is -0.470. The molecule has 1 heterocycles. The number of nitrogens with one attached hydrogen (secondary N) is 1. The zero-order chi connectivity index (χ0) is 10.0. The molecule has 0 aliphatic heterocycles. The minimum Gasteiger partial charge on any atom is -0.369 e. The van der Waals surface area contributed by atoms with Crippen molar-refractivity contribution in [1.29, 1.82) is 0 Å². The molecule has 6 heteroatoms. The Morgan fingerprint density at radius 1 is 1.69 bits per heavy atom. The van der Waals surface area contributed by atoms with Crippen molar-refractivity contribution in [3.8, 4) is 12.3 Å². The molecule has 0 atom stereocenters. The van der Waals surface area contributed by atoms with Crippen molar-refractivity contribution in [3.63, 3.8) is 0 Å². The summed E-state index contributed by atoms with van der Waals surface area (Å²) >= 11 is 0. The van der Waals surface area contributed by atoms with E-state index in [1.165, 1.54) is 7.05 Å². The number of nitrogen functional groups attached to an aromatic ring is 1. The summed E-state index contributed by atoms with van der Waals surface area (Å²) in [5.74, 6) is 7.75. The Hall–Kier alpha value is -2.00. The van der Waals surface area contributed by atoms with Gasteiger partial charge in [-0.15, -0.1) is 6.42 Å². The van der Waals surface area contributed by atoms with Gasteiger partial charge in [-0.05, 0) is 0 Å². The highest BCUT2D eigenvalue weighted by molar-refractivity contribution is 5.54. The van der Waals surface area contributed by atoms with E-state index in [4.69, 9.17) is 18.0 Å². The number of nitrogens with zero attached hydrogens (tertiary/aromatic N) is 2. The second-order valence-electron chi connectivity index (χ2n) is 2.41. The molecule has 0 saturated carbocycles. The maximum atomic E-state index is 11.2. The predicted molar refractivity (Wildman–Crippen MR) is 49.8 cm³/mol. The molecule has 0 aliphatic rings. The molecule has 1 aromatic heterocycles. The number of rotatable bonds is 1. The molecule has 0 amide bonds. The molecule has 68 valence electrons. The molecule has 0 spiro atoms. The fourth-order valence-electron chi connectivity index (χ4n) is 0.864. The highest BCUT2D eigenvalue weighted by atomic mass is 16.1. The SMILES string of the molecule is C#Cc1c(N(C)N)nc(N)[nH]c1=O. The summed E-state index contributed by atoms with van der Waals surface area (Å²) in [6.07, 6.45) is 5.11. The van der Waals surface area contributed by atoms with Crippen LogP contribution < -0.4 is 22.1 Å². The zero-order valence-electron chi connectivity index (χ0n) is 7.03. The molecule has 0 unspecified atom stereocenters. The first kappa shape index (κ1) is 9.09. The average Bonchev–Trinajstić information content (AvgIpc) is 2.02. The van der Waals surface area contributed by atoms with Crippen molar-refractivity contribution in [3.05, 3.63) is 15.9 Å². The van der Waals surface area contributed by atoms with Crippen molar-refractivity contribution in [1.82, 2.24) is 9.97 Å². The molecule has 1 rings (SSSR count). The zero-order valence-corrected chi connectivity index (χ0v) is 7.03. The lowest BCUT2D eigenvalue weighted by Crippen LogP contribution is -2.30. The van der Waals surface area contributed by atoms with E-state index in [0.29, 0.717) is 0 Å². The van der Waals surface area contributed by atoms with Crippen molar-refractivity contribution in [2.24, 2.45) is 5.84 Å². The van der Waals surface area contributed by atoms with Gasteiger partial charge in [0.25, 0.3) is 5.56 Å². The van der Waals surface area contributed by atoms with Gasteiger partial charge in [0.15, 0.2) is 5.82 Å². The van der Waals surface area contributed by atoms with E-state index in [1.807, 2.05) is 0 Å². The van der Waals surface area contributed by atoms with E-state index in [2.05, 4.69) is 15.9 Å². The van der Waals surface area contributed by atoms with Crippen LogP contribution in [-0.2, 0) is 0 Å². The first-order valence-electron chi connectivity index (χ1n) is 3.41. The normalized spacial score (nSPS) is 9.31. The number of aromatic nitrogens is 2. The number of H-pyrrole nitrogens is 1. The van der Waals surface area contributed by atoms with E-state index in [9.17, 15) is 4.79 Å². The van der Waals surface area contributed by atoms with Crippen molar-refractivity contribution >= 4 is 11.8 Å². The van der Waals surface area contributed by atoms with Gasteiger partial charge >= 0.3 is 0 Å². The maximum Gasteiger partial charge on any atom is 0.270 e. The summed E-state index contributed by atoms with van der Waals surface area (Å²) in [7, 11) is 1.52. The molecule has 0 aliphatic carbocycles. The third kappa shape index (κ3) is 1.60. The Kier molecular flexibility index (Phi) is 2.21. The summed E-state index contributed by atoms with van der Waals surface area (Å²) in [6.45, 7) is 0. The van der Waals surface area contributed by atoms with Gasteiger partial charge in [0.1, 0.15) is 5.56 Å². The number of terminal acetylenes is 1. The third-order valence-corrected chi connectivity index (χ3v) is 1.40. The van der Waals surface area contributed by atoms with E-state index < -0.39 is 5.56 Å². The van der Waals surface area contributed by atoms with E-state index in [0.717, 1.165) is 5.01 Å². The van der Waals surface area contributed by atoms with Crippen LogP contribution in [0.5, 0.6) is 0 Å². The number of hydrazine groups is 1. The molecule has 0 bridgehead atoms. The van der Waals surface area contributed by atoms with E-state index in [-0.39, 0.29) is 17.3 Å². The standard InChI is InChI=1S/C7H9N5O/c1-3-4-5(12(2)9)10-7(8)11-6(4)13/h1H,9H2,2H3,(H3,8,10,11,13). The molecule has 0 saturated heterocycles. The Bertz CT molecular complexity index is 414. The summed E-state index contributed by atoms with van der Waals surface area (Å²) in [4.78, 5) is 17.3. The highest BCUT2D eigenvalue weighted by Crippen LogP contribution is 2.08. The van der Waals surface area contributed by atoms with Crippen LogP contribution >= 0.6 is 0 Å². The lowest BCUT2D eigenvalue weighted by atomic mass is 10.3. The molecular weight excluding hydrogens is 170 g/mol. The molecule has 0 aromatic carbocycles. The highest BCUT2D eigenvalue weighted by Gasteiger charge is 2.09. The van der Waals surface area contributed by atoms with Crippen LogP contribution in [-0.4, -0.2) is 17.0 Å². The fraction of sp³-hybridized carbons (Fsp3) is 0.143. The molecular formula is C7H9N5O. The maximum absolute atomic E-state index is 11.2. The largest absolute Gasteiger partial charge is 0.369 e. The van der Waals surface area contributed by atoms with E-state index >= 15 is 0 Å². The van der Waals surface area contributed by atoms with Gasteiger partial charge in [-0.25, -0.2) is 5.84 Å². The number of nitrogens with two attached hydrogens (primary N) is 2. The summed E-state index contributed by atoms with van der Waals surface area (Å²) in [5, 5.41) is 1.14. The van der Waals surface area contributed by atoms with Crippen molar-refractivity contribution < 1.29 is 0 Å². The van der Waals surface area contributed by atoms with Crippen LogP contribution in [0.3, 0.4) is 0 Å². The molecule has 6 nitrogen and oxygen atoms in total. The van der Waals surface area contributed by atoms with Crippen LogP contribution in [0.15, 0.2) is 4.79 Å². The number of anilines is 2. The second kappa shape index (κ2) is 3.16. The number of hydrogen-bond acceptors (Lipinski definition) is 5. The number of hydrogen-bond donors (Lipinski definition) is 3. The average molecular weight is 179 g/mol. The fourth-order valence-corrected chi connectivity index (χ4v) is 0.864. The quantitative estimate of drug-likeness (QED) is 0.281. The summed E-state index contributed by atoms with van der Waals surface area (Å²) in [6, 6.07) is 0. The van der Waals surface area contributed by atoms with Gasteiger partial charge in [-0.3, -0.25) is 14.8 Å². The molecule has 13 heavy (non-hydrogen) atoms. The van der Waals surface area contributed by atoms with Gasteiger partial charge in [0, 0.05) is 7.05 Å². The second-order valence-corrected chi connectivity index (χ2v) is 2.41. The Balaban J connectivity index is 3.50. The number of aromatic amines is 1. The van der Waals surface area contributed by atoms with Crippen LogP contribution in [0, 0.1) is 12.3 Å². The van der Waals surface area contributed by atoms with Gasteiger partial charge in [-0.1, -0.05) is 5.92 Å². The topological polar surface area (TPSA) is 101 Å². The lowest BCUT2D eigenvalue weighted by Gasteiger charge is -2.12. The molecule has 0 radical (unpaired) electrons. The minimum absolute atomic E-state index is 0.0173. The van der Waals surface area contributed by atoms with Crippen LogP contribution in [0.2, 0.25) is 0 Å². The smallest absolute Gasteiger partial charge is 0.270 e.